The van der Waals surface area contributed by atoms with Gasteiger partial charge in [-0.3, -0.25) is 9.59 Å². The monoisotopic (exact) mass is 396 g/mol. The van der Waals surface area contributed by atoms with Crippen molar-refractivity contribution in [2.45, 2.75) is 63.9 Å². The van der Waals surface area contributed by atoms with Crippen molar-refractivity contribution in [3.8, 4) is 0 Å². The third kappa shape index (κ3) is 2.23. The van der Waals surface area contributed by atoms with E-state index in [1.54, 1.807) is 6.92 Å². The van der Waals surface area contributed by atoms with Crippen LogP contribution in [0.2, 0.25) is 0 Å². The van der Waals surface area contributed by atoms with E-state index in [1.807, 2.05) is 6.92 Å². The van der Waals surface area contributed by atoms with Crippen LogP contribution in [-0.4, -0.2) is 33.9 Å². The maximum atomic E-state index is 16.9. The average Bonchev–Trinajstić information content (AvgIpc) is 2.94. The van der Waals surface area contributed by atoms with Crippen molar-refractivity contribution in [3.05, 3.63) is 23.8 Å². The number of alkyl halides is 2. The van der Waals surface area contributed by atoms with Crippen LogP contribution in [0.3, 0.4) is 0 Å². The second kappa shape index (κ2) is 5.99. The first-order valence-electron chi connectivity index (χ1n) is 9.81. The van der Waals surface area contributed by atoms with Crippen molar-refractivity contribution in [2.75, 3.05) is 0 Å². The molecule has 6 heteroatoms. The Kier molecular flexibility index (Phi) is 4.29. The average molecular weight is 396 g/mol. The number of rotatable bonds is 2. The van der Waals surface area contributed by atoms with E-state index in [2.05, 4.69) is 12.6 Å². The lowest BCUT2D eigenvalue weighted by molar-refractivity contribution is -0.205. The molecular formula is C21H26F2O3S. The Bertz CT molecular complexity index is 765. The first kappa shape index (κ1) is 19.3. The number of carbonyl (C=O) groups excluding carboxylic acids is 2. The molecule has 0 aromatic heterocycles. The zero-order chi connectivity index (χ0) is 19.8. The molecule has 0 heterocycles. The summed E-state index contributed by atoms with van der Waals surface area (Å²) in [4.78, 5) is 23.9. The minimum absolute atomic E-state index is 0.0595. The van der Waals surface area contributed by atoms with E-state index in [0.717, 1.165) is 0 Å². The van der Waals surface area contributed by atoms with E-state index >= 15 is 8.78 Å². The molecule has 0 saturated heterocycles. The molecule has 3 fully saturated rings. The van der Waals surface area contributed by atoms with Crippen molar-refractivity contribution in [3.63, 3.8) is 0 Å². The second-order valence-corrected chi connectivity index (χ2v) is 9.48. The van der Waals surface area contributed by atoms with E-state index in [-0.39, 0.29) is 47.6 Å². The van der Waals surface area contributed by atoms with Gasteiger partial charge in [-0.1, -0.05) is 19.9 Å². The quantitative estimate of drug-likeness (QED) is 0.699. The van der Waals surface area contributed by atoms with Crippen molar-refractivity contribution in [1.29, 1.82) is 0 Å². The largest absolute Gasteiger partial charge is 0.390 e. The first-order valence-corrected chi connectivity index (χ1v) is 10.3. The lowest BCUT2D eigenvalue weighted by Crippen LogP contribution is -2.68. The van der Waals surface area contributed by atoms with E-state index < -0.39 is 34.7 Å². The number of halogens is 2. The predicted molar refractivity (Wildman–Crippen MR) is 101 cm³/mol. The smallest absolute Gasteiger partial charge is 0.189 e. The number of hydrogen-bond acceptors (Lipinski definition) is 3. The number of ketones is 1. The summed E-state index contributed by atoms with van der Waals surface area (Å²) in [5.41, 5.74) is -3.78. The van der Waals surface area contributed by atoms with Crippen molar-refractivity contribution < 1.29 is 23.5 Å². The van der Waals surface area contributed by atoms with Crippen molar-refractivity contribution >= 4 is 23.5 Å². The SMILES string of the molecule is CC[C@]12C=CC(=O)C=C1[C@@H](F)CC1C3CC[C@H](C(=O)S)[C@@]3(C)C[C@H](O)[C@@]12F. The summed E-state index contributed by atoms with van der Waals surface area (Å²) in [5, 5.41) is 10.8. The van der Waals surface area contributed by atoms with Gasteiger partial charge in [0.25, 0.3) is 0 Å². The van der Waals surface area contributed by atoms with Crippen LogP contribution in [0, 0.1) is 28.6 Å². The van der Waals surface area contributed by atoms with Gasteiger partial charge < -0.3 is 5.11 Å². The molecule has 1 N–H and O–H groups in total. The summed E-state index contributed by atoms with van der Waals surface area (Å²) in [7, 11) is 0. The molecule has 0 aromatic rings. The first-order chi connectivity index (χ1) is 12.6. The lowest BCUT2D eigenvalue weighted by Gasteiger charge is -2.63. The van der Waals surface area contributed by atoms with Gasteiger partial charge in [0.2, 0.25) is 0 Å². The Labute approximate surface area is 163 Å². The highest BCUT2D eigenvalue weighted by Gasteiger charge is 2.72. The fourth-order valence-electron chi connectivity index (χ4n) is 7.01. The molecule has 0 bridgehead atoms. The summed E-state index contributed by atoms with van der Waals surface area (Å²) in [5.74, 6) is -1.58. The number of carbonyl (C=O) groups is 2. The van der Waals surface area contributed by atoms with Gasteiger partial charge in [-0.15, -0.1) is 12.6 Å². The zero-order valence-electron chi connectivity index (χ0n) is 15.6. The molecular weight excluding hydrogens is 370 g/mol. The Hall–Kier alpha value is -1.01. The molecule has 0 radical (unpaired) electrons. The van der Waals surface area contributed by atoms with E-state index in [9.17, 15) is 14.7 Å². The van der Waals surface area contributed by atoms with Gasteiger partial charge in [-0.05, 0) is 61.2 Å². The van der Waals surface area contributed by atoms with Gasteiger partial charge in [-0.2, -0.15) is 0 Å². The minimum atomic E-state index is -2.05. The molecule has 4 rings (SSSR count). The van der Waals surface area contributed by atoms with Crippen molar-refractivity contribution in [2.24, 2.45) is 28.6 Å². The molecule has 148 valence electrons. The van der Waals surface area contributed by atoms with Crippen LogP contribution >= 0.6 is 12.6 Å². The molecule has 0 aromatic carbocycles. The summed E-state index contributed by atoms with van der Waals surface area (Å²) < 4.78 is 32.2. The topological polar surface area (TPSA) is 54.4 Å². The molecule has 3 saturated carbocycles. The van der Waals surface area contributed by atoms with Crippen LogP contribution in [0.4, 0.5) is 8.78 Å². The van der Waals surface area contributed by atoms with Gasteiger partial charge in [0, 0.05) is 17.3 Å². The van der Waals surface area contributed by atoms with Gasteiger partial charge in [0.1, 0.15) is 6.17 Å². The predicted octanol–water partition coefficient (Wildman–Crippen LogP) is 3.77. The molecule has 0 aliphatic heterocycles. The standard InChI is InChI=1S/C21H26F2O3S/c1-3-20-7-6-11(24)8-15(20)16(22)9-14-12-4-5-13(18(26)27)19(12,2)10-17(25)21(14,20)23/h6-8,12-14,16-17,25H,3-5,9-10H2,1-2H3,(H,26,27)/t12?,13-,14?,16+,17+,19+,20+,21+/m1/s1. The lowest BCUT2D eigenvalue weighted by atomic mass is 9.44. The Morgan fingerprint density at radius 3 is 2.70 bits per heavy atom. The molecule has 8 atom stereocenters. The fourth-order valence-corrected chi connectivity index (χ4v) is 7.43. The Morgan fingerprint density at radius 1 is 1.37 bits per heavy atom. The fraction of sp³-hybridized carbons (Fsp3) is 0.714. The number of fused-ring (bicyclic) bond motifs is 5. The van der Waals surface area contributed by atoms with Crippen LogP contribution in [-0.2, 0) is 9.59 Å². The van der Waals surface area contributed by atoms with Crippen LogP contribution in [0.15, 0.2) is 23.8 Å². The van der Waals surface area contributed by atoms with Gasteiger partial charge in [-0.25, -0.2) is 8.78 Å². The van der Waals surface area contributed by atoms with Crippen LogP contribution in [0.1, 0.15) is 46.0 Å². The van der Waals surface area contributed by atoms with E-state index in [1.165, 1.54) is 18.2 Å². The van der Waals surface area contributed by atoms with Gasteiger partial charge >= 0.3 is 0 Å². The van der Waals surface area contributed by atoms with Crippen LogP contribution in [0.5, 0.6) is 0 Å². The van der Waals surface area contributed by atoms with Crippen LogP contribution in [0.25, 0.3) is 0 Å². The zero-order valence-corrected chi connectivity index (χ0v) is 16.5. The highest BCUT2D eigenvalue weighted by molar-refractivity contribution is 7.96. The summed E-state index contributed by atoms with van der Waals surface area (Å²) in [6.45, 7) is 3.70. The van der Waals surface area contributed by atoms with Gasteiger partial charge in [0.15, 0.2) is 16.6 Å². The Balaban J connectivity index is 1.87. The number of allylic oxidation sites excluding steroid dienone is 4. The van der Waals surface area contributed by atoms with Crippen molar-refractivity contribution in [1.82, 2.24) is 0 Å². The van der Waals surface area contributed by atoms with Gasteiger partial charge in [0.05, 0.1) is 6.10 Å². The molecule has 4 aliphatic carbocycles. The maximum absolute atomic E-state index is 16.9. The highest BCUT2D eigenvalue weighted by Crippen LogP contribution is 2.70. The summed E-state index contributed by atoms with van der Waals surface area (Å²) in [6, 6.07) is 0. The molecule has 27 heavy (non-hydrogen) atoms. The maximum Gasteiger partial charge on any atom is 0.189 e. The number of aliphatic hydroxyl groups is 1. The van der Waals surface area contributed by atoms with E-state index in [0.29, 0.717) is 12.8 Å². The summed E-state index contributed by atoms with van der Waals surface area (Å²) >= 11 is 4.02. The highest BCUT2D eigenvalue weighted by atomic mass is 32.1. The third-order valence-corrected chi connectivity index (χ3v) is 8.55. The van der Waals surface area contributed by atoms with Crippen LogP contribution < -0.4 is 0 Å². The molecule has 3 nitrogen and oxygen atoms in total. The molecule has 4 aliphatic rings. The normalized spacial score (nSPS) is 51.3. The second-order valence-electron chi connectivity index (χ2n) is 9.04. The molecule has 2 unspecified atom stereocenters. The van der Waals surface area contributed by atoms with E-state index in [4.69, 9.17) is 0 Å². The number of hydrogen-bond donors (Lipinski definition) is 2. The summed E-state index contributed by atoms with van der Waals surface area (Å²) in [6.07, 6.45) is 2.85. The number of thiol groups is 1. The third-order valence-electron chi connectivity index (χ3n) is 8.24. The molecule has 0 spiro atoms. The number of aliphatic hydroxyl groups excluding tert-OH is 1. The Morgan fingerprint density at radius 2 is 2.07 bits per heavy atom. The molecule has 0 amide bonds. The minimum Gasteiger partial charge on any atom is -0.390 e.